The van der Waals surface area contributed by atoms with Crippen molar-refractivity contribution in [1.82, 2.24) is 15.1 Å². The molecule has 0 rings (SSSR count). The molecule has 1 atom stereocenters. The van der Waals surface area contributed by atoms with Crippen LogP contribution in [0.2, 0.25) is 0 Å². The molecule has 0 aliphatic heterocycles. The van der Waals surface area contributed by atoms with Gasteiger partial charge in [0.25, 0.3) is 0 Å². The Morgan fingerprint density at radius 1 is 0.941 bits per heavy atom. The van der Waals surface area contributed by atoms with E-state index in [1.54, 1.807) is 0 Å². The van der Waals surface area contributed by atoms with Crippen molar-refractivity contribution in [3.05, 3.63) is 0 Å². The van der Waals surface area contributed by atoms with Crippen LogP contribution in [0.15, 0.2) is 0 Å². The topological polar surface area (TPSA) is 18.5 Å². The fourth-order valence-electron chi connectivity index (χ4n) is 2.21. The maximum atomic E-state index is 3.43. The molecular formula is C14H33N3. The first kappa shape index (κ1) is 16.9. The predicted molar refractivity (Wildman–Crippen MR) is 77.7 cm³/mol. The Bertz CT molecular complexity index is 158. The van der Waals surface area contributed by atoms with Gasteiger partial charge in [-0.25, -0.2) is 0 Å². The van der Waals surface area contributed by atoms with Gasteiger partial charge in [0, 0.05) is 12.6 Å². The van der Waals surface area contributed by atoms with Crippen LogP contribution in [0.1, 0.15) is 41.0 Å². The van der Waals surface area contributed by atoms with E-state index < -0.39 is 0 Å². The molecule has 0 saturated heterocycles. The molecule has 0 aromatic rings. The third-order valence-corrected chi connectivity index (χ3v) is 3.53. The molecule has 1 unspecified atom stereocenters. The number of hydrogen-bond acceptors (Lipinski definition) is 3. The number of nitrogens with zero attached hydrogens (tertiary/aromatic N) is 2. The Balaban J connectivity index is 3.80. The van der Waals surface area contributed by atoms with Crippen LogP contribution in [0.25, 0.3) is 0 Å². The highest BCUT2D eigenvalue weighted by atomic mass is 15.2. The third-order valence-electron chi connectivity index (χ3n) is 3.53. The maximum absolute atomic E-state index is 3.43. The van der Waals surface area contributed by atoms with Crippen molar-refractivity contribution < 1.29 is 0 Å². The predicted octanol–water partition coefficient (Wildman–Crippen LogP) is 2.04. The molecular weight excluding hydrogens is 210 g/mol. The van der Waals surface area contributed by atoms with E-state index in [-0.39, 0.29) is 0 Å². The van der Waals surface area contributed by atoms with Crippen LogP contribution in [0, 0.1) is 0 Å². The lowest BCUT2D eigenvalue weighted by Crippen LogP contribution is -2.41. The van der Waals surface area contributed by atoms with Gasteiger partial charge in [-0.2, -0.15) is 0 Å². The molecule has 0 saturated carbocycles. The van der Waals surface area contributed by atoms with Crippen molar-refractivity contribution >= 4 is 0 Å². The van der Waals surface area contributed by atoms with Crippen molar-refractivity contribution in [2.24, 2.45) is 0 Å². The lowest BCUT2D eigenvalue weighted by atomic mass is 10.2. The molecule has 0 bridgehead atoms. The molecule has 0 radical (unpaired) electrons. The fraction of sp³-hybridized carbons (Fsp3) is 1.00. The van der Waals surface area contributed by atoms with E-state index >= 15 is 0 Å². The first-order valence-electron chi connectivity index (χ1n) is 7.36. The largest absolute Gasteiger partial charge is 0.315 e. The van der Waals surface area contributed by atoms with E-state index in [0.29, 0.717) is 6.04 Å². The van der Waals surface area contributed by atoms with Gasteiger partial charge in [0.2, 0.25) is 0 Å². The van der Waals surface area contributed by atoms with Gasteiger partial charge in [-0.3, -0.25) is 4.90 Å². The minimum Gasteiger partial charge on any atom is -0.315 e. The zero-order valence-corrected chi connectivity index (χ0v) is 12.6. The summed E-state index contributed by atoms with van der Waals surface area (Å²) in [6, 6.07) is 0.650. The molecule has 0 aromatic heterocycles. The summed E-state index contributed by atoms with van der Waals surface area (Å²) in [7, 11) is 0. The van der Waals surface area contributed by atoms with Crippen LogP contribution in [-0.2, 0) is 0 Å². The Hall–Kier alpha value is -0.120. The maximum Gasteiger partial charge on any atom is 0.0192 e. The second kappa shape index (κ2) is 11.0. The van der Waals surface area contributed by atoms with E-state index in [1.807, 2.05) is 0 Å². The van der Waals surface area contributed by atoms with Crippen molar-refractivity contribution in [1.29, 1.82) is 0 Å². The summed E-state index contributed by atoms with van der Waals surface area (Å²) < 4.78 is 0. The number of nitrogens with one attached hydrogen (secondary N) is 1. The first-order chi connectivity index (χ1) is 8.19. The van der Waals surface area contributed by atoms with E-state index in [9.17, 15) is 0 Å². The Labute approximate surface area is 109 Å². The van der Waals surface area contributed by atoms with Crippen LogP contribution in [0.4, 0.5) is 0 Å². The molecule has 0 amide bonds. The Morgan fingerprint density at radius 3 is 2.06 bits per heavy atom. The highest BCUT2D eigenvalue weighted by Gasteiger charge is 2.11. The number of hydrogen-bond donors (Lipinski definition) is 1. The lowest BCUT2D eigenvalue weighted by molar-refractivity contribution is 0.196. The van der Waals surface area contributed by atoms with Gasteiger partial charge in [-0.15, -0.1) is 0 Å². The molecule has 1 N–H and O–H groups in total. The van der Waals surface area contributed by atoms with Crippen molar-refractivity contribution in [2.75, 3.05) is 45.8 Å². The summed E-state index contributed by atoms with van der Waals surface area (Å²) in [5, 5.41) is 3.43. The number of likely N-dealkylation sites (N-methyl/N-ethyl adjacent to an activating group) is 2. The van der Waals surface area contributed by atoms with Gasteiger partial charge < -0.3 is 10.2 Å². The molecule has 0 aliphatic rings. The van der Waals surface area contributed by atoms with Crippen molar-refractivity contribution in [3.8, 4) is 0 Å². The second-order valence-corrected chi connectivity index (χ2v) is 4.67. The lowest BCUT2D eigenvalue weighted by Gasteiger charge is -2.29. The summed E-state index contributed by atoms with van der Waals surface area (Å²) in [6.07, 6.45) is 1.28. The van der Waals surface area contributed by atoms with E-state index in [2.05, 4.69) is 49.7 Å². The van der Waals surface area contributed by atoms with Gasteiger partial charge in [0.1, 0.15) is 0 Å². The zero-order chi connectivity index (χ0) is 13.1. The molecule has 0 spiro atoms. The average molecular weight is 243 g/mol. The summed E-state index contributed by atoms with van der Waals surface area (Å²) in [6.45, 7) is 19.4. The van der Waals surface area contributed by atoms with Gasteiger partial charge in [0.05, 0.1) is 0 Å². The highest BCUT2D eigenvalue weighted by molar-refractivity contribution is 4.69. The minimum atomic E-state index is 0.650. The van der Waals surface area contributed by atoms with Gasteiger partial charge in [0.15, 0.2) is 0 Å². The third kappa shape index (κ3) is 7.74. The fourth-order valence-corrected chi connectivity index (χ4v) is 2.21. The summed E-state index contributed by atoms with van der Waals surface area (Å²) in [4.78, 5) is 5.08. The zero-order valence-electron chi connectivity index (χ0n) is 12.6. The molecule has 104 valence electrons. The van der Waals surface area contributed by atoms with E-state index in [1.165, 1.54) is 32.6 Å². The van der Waals surface area contributed by atoms with Gasteiger partial charge in [-0.1, -0.05) is 27.7 Å². The molecule has 3 nitrogen and oxygen atoms in total. The van der Waals surface area contributed by atoms with Crippen LogP contribution in [0.3, 0.4) is 0 Å². The molecule has 0 aromatic carbocycles. The molecule has 0 aliphatic carbocycles. The Kier molecular flexibility index (Phi) is 10.9. The quantitative estimate of drug-likeness (QED) is 0.599. The van der Waals surface area contributed by atoms with Crippen LogP contribution in [0.5, 0.6) is 0 Å². The van der Waals surface area contributed by atoms with Crippen LogP contribution >= 0.6 is 0 Å². The summed E-state index contributed by atoms with van der Waals surface area (Å²) >= 11 is 0. The minimum absolute atomic E-state index is 0.650. The van der Waals surface area contributed by atoms with Crippen molar-refractivity contribution in [2.45, 2.75) is 47.1 Å². The molecule has 3 heteroatoms. The average Bonchev–Trinajstić information content (AvgIpc) is 2.36. The van der Waals surface area contributed by atoms with Gasteiger partial charge >= 0.3 is 0 Å². The molecule has 0 fully saturated rings. The number of rotatable bonds is 11. The van der Waals surface area contributed by atoms with Crippen LogP contribution in [-0.4, -0.2) is 61.7 Å². The van der Waals surface area contributed by atoms with Crippen LogP contribution < -0.4 is 5.32 Å². The highest BCUT2D eigenvalue weighted by Crippen LogP contribution is 2.01. The smallest absolute Gasteiger partial charge is 0.0192 e. The normalized spacial score (nSPS) is 13.6. The standard InChI is InChI=1S/C14H33N3/c1-6-15-13-14(5)17(9-4)12-10-11-16(7-2)8-3/h14-15H,6-13H2,1-5H3. The molecule has 17 heavy (non-hydrogen) atoms. The van der Waals surface area contributed by atoms with Crippen molar-refractivity contribution in [3.63, 3.8) is 0 Å². The van der Waals surface area contributed by atoms with Gasteiger partial charge in [-0.05, 0) is 52.6 Å². The summed E-state index contributed by atoms with van der Waals surface area (Å²) in [5.74, 6) is 0. The first-order valence-corrected chi connectivity index (χ1v) is 7.36. The molecule has 0 heterocycles. The SMILES string of the molecule is CCNCC(C)N(CC)CCCN(CC)CC. The van der Waals surface area contributed by atoms with E-state index in [0.717, 1.165) is 19.6 Å². The summed E-state index contributed by atoms with van der Waals surface area (Å²) in [5.41, 5.74) is 0. The monoisotopic (exact) mass is 243 g/mol. The second-order valence-electron chi connectivity index (χ2n) is 4.67. The Morgan fingerprint density at radius 2 is 1.59 bits per heavy atom. The van der Waals surface area contributed by atoms with E-state index in [4.69, 9.17) is 0 Å².